The molecule has 0 radical (unpaired) electrons. The number of fused-ring (bicyclic) bond motifs is 1. The molecule has 0 fully saturated rings. The van der Waals surface area contributed by atoms with E-state index in [4.69, 9.17) is 5.11 Å². The van der Waals surface area contributed by atoms with Crippen LogP contribution >= 0.6 is 0 Å². The maximum absolute atomic E-state index is 12.9. The Labute approximate surface area is 167 Å². The molecule has 0 aliphatic heterocycles. The molecule has 0 saturated carbocycles. The highest BCUT2D eigenvalue weighted by atomic mass is 19.4. The number of nitrogens with zero attached hydrogens (tertiary/aromatic N) is 1. The summed E-state index contributed by atoms with van der Waals surface area (Å²) in [5, 5.41) is 10.9. The first-order valence-electron chi connectivity index (χ1n) is 8.82. The van der Waals surface area contributed by atoms with E-state index in [0.717, 1.165) is 29.0 Å². The first-order chi connectivity index (χ1) is 14.0. The molecule has 1 aromatic heterocycles. The summed E-state index contributed by atoms with van der Waals surface area (Å²) in [6.45, 7) is 0.0588. The summed E-state index contributed by atoms with van der Waals surface area (Å²) in [4.78, 5) is 47.7. The van der Waals surface area contributed by atoms with Gasteiger partial charge in [-0.3, -0.25) is 19.2 Å². The van der Waals surface area contributed by atoms with Gasteiger partial charge in [-0.15, -0.1) is 0 Å². The van der Waals surface area contributed by atoms with Crippen LogP contribution in [-0.2, 0) is 20.6 Å². The fraction of sp³-hybridized carbons (Fsp3) is 0.368. The number of Topliss-reactive ketones (excluding diaryl/α,β-unsaturated/α-hetero) is 1. The molecule has 0 saturated heterocycles. The van der Waals surface area contributed by atoms with Gasteiger partial charge in [-0.05, 0) is 36.1 Å². The van der Waals surface area contributed by atoms with Crippen molar-refractivity contribution in [3.63, 3.8) is 0 Å². The van der Waals surface area contributed by atoms with Gasteiger partial charge < -0.3 is 15.0 Å². The molecule has 1 heterocycles. The number of aromatic nitrogens is 1. The van der Waals surface area contributed by atoms with Crippen LogP contribution in [0.4, 0.5) is 17.6 Å². The lowest BCUT2D eigenvalue weighted by atomic mass is 10.1. The van der Waals surface area contributed by atoms with Crippen LogP contribution in [0.3, 0.4) is 0 Å². The molecule has 2 N–H and O–H groups in total. The zero-order valence-corrected chi connectivity index (χ0v) is 15.7. The zero-order chi connectivity index (χ0) is 22.6. The molecule has 0 aliphatic carbocycles. The lowest BCUT2D eigenvalue weighted by molar-refractivity contribution is -0.140. The number of carboxylic acids is 1. The van der Waals surface area contributed by atoms with Crippen LogP contribution in [0.5, 0.6) is 0 Å². The van der Waals surface area contributed by atoms with Crippen molar-refractivity contribution < 1.29 is 37.1 Å². The van der Waals surface area contributed by atoms with Crippen molar-refractivity contribution in [2.45, 2.75) is 38.0 Å². The van der Waals surface area contributed by atoms with E-state index >= 15 is 0 Å². The molecule has 0 bridgehead atoms. The summed E-state index contributed by atoms with van der Waals surface area (Å²) < 4.78 is 52.2. The number of halogens is 4. The van der Waals surface area contributed by atoms with Gasteiger partial charge in [0.1, 0.15) is 18.8 Å². The lowest BCUT2D eigenvalue weighted by Gasteiger charge is -2.22. The second kappa shape index (κ2) is 9.06. The Bertz CT molecular complexity index is 1030. The molecule has 7 nitrogen and oxygen atoms in total. The number of aliphatic carboxylic acids is 1. The van der Waals surface area contributed by atoms with E-state index in [2.05, 4.69) is 5.32 Å². The highest BCUT2D eigenvalue weighted by Gasteiger charge is 2.31. The normalized spacial score (nSPS) is 13.6. The Balaban J connectivity index is 2.40. The van der Waals surface area contributed by atoms with Gasteiger partial charge in [-0.2, -0.15) is 13.2 Å². The number of hydrogen-bond donors (Lipinski definition) is 2. The molecule has 2 rings (SSSR count). The van der Waals surface area contributed by atoms with E-state index in [9.17, 15) is 36.7 Å². The highest BCUT2D eigenvalue weighted by molar-refractivity contribution is 5.93. The van der Waals surface area contributed by atoms with Crippen LogP contribution in [0.25, 0.3) is 10.8 Å². The van der Waals surface area contributed by atoms with Gasteiger partial charge in [0.15, 0.2) is 5.78 Å². The Morgan fingerprint density at radius 2 is 1.87 bits per heavy atom. The SMILES string of the molecule is CCC(C(=O)N[C@@H](CC(=O)O)C(=O)CF)n1ccc2cc(C(F)(F)F)ccc2c1=O. The maximum atomic E-state index is 12.9. The molecule has 1 unspecified atom stereocenters. The predicted octanol–water partition coefficient (Wildman–Crippen LogP) is 2.47. The van der Waals surface area contributed by atoms with Crippen LogP contribution in [-0.4, -0.2) is 40.0 Å². The van der Waals surface area contributed by atoms with Crippen LogP contribution in [0, 0.1) is 0 Å². The summed E-state index contributed by atoms with van der Waals surface area (Å²) in [5.74, 6) is -3.46. The molecule has 2 aromatic rings. The van der Waals surface area contributed by atoms with Crippen molar-refractivity contribution in [2.75, 3.05) is 6.67 Å². The van der Waals surface area contributed by atoms with E-state index in [1.807, 2.05) is 0 Å². The van der Waals surface area contributed by atoms with E-state index in [-0.39, 0.29) is 17.2 Å². The van der Waals surface area contributed by atoms with Gasteiger partial charge in [0.25, 0.3) is 5.56 Å². The Hall–Kier alpha value is -3.24. The van der Waals surface area contributed by atoms with Gasteiger partial charge in [-0.1, -0.05) is 6.92 Å². The smallest absolute Gasteiger partial charge is 0.416 e. The number of hydrogen-bond acceptors (Lipinski definition) is 4. The number of nitrogens with one attached hydrogen (secondary N) is 1. The van der Waals surface area contributed by atoms with Crippen molar-refractivity contribution in [3.05, 3.63) is 46.4 Å². The van der Waals surface area contributed by atoms with Crippen molar-refractivity contribution in [3.8, 4) is 0 Å². The molecular formula is C19H18F4N2O5. The standard InChI is InChI=1S/C19H18F4N2O5/c1-2-14(17(29)24-13(8-16(27)28)15(26)9-20)25-6-5-10-7-11(19(21,22)23)3-4-12(10)18(25)30/h3-7,13-14H,2,8-9H2,1H3,(H,24,29)(H,27,28)/t13-,14?/m0/s1. The lowest BCUT2D eigenvalue weighted by Crippen LogP contribution is -2.47. The Morgan fingerprint density at radius 3 is 2.40 bits per heavy atom. The van der Waals surface area contributed by atoms with Crippen molar-refractivity contribution in [2.24, 2.45) is 0 Å². The number of alkyl halides is 4. The molecule has 30 heavy (non-hydrogen) atoms. The predicted molar refractivity (Wildman–Crippen MR) is 97.7 cm³/mol. The van der Waals surface area contributed by atoms with Crippen molar-refractivity contribution >= 4 is 28.4 Å². The zero-order valence-electron chi connectivity index (χ0n) is 15.7. The number of rotatable bonds is 8. The summed E-state index contributed by atoms with van der Waals surface area (Å²) in [5.41, 5.74) is -1.67. The summed E-state index contributed by atoms with van der Waals surface area (Å²) in [6.07, 6.45) is -4.24. The minimum Gasteiger partial charge on any atom is -0.481 e. The third-order valence-corrected chi connectivity index (χ3v) is 4.50. The average Bonchev–Trinajstić information content (AvgIpc) is 2.67. The number of ketones is 1. The first kappa shape index (κ1) is 23.0. The van der Waals surface area contributed by atoms with E-state index in [0.29, 0.717) is 0 Å². The summed E-state index contributed by atoms with van der Waals surface area (Å²) in [6, 6.07) is 1.00. The van der Waals surface area contributed by atoms with Crippen LogP contribution < -0.4 is 10.9 Å². The molecule has 1 amide bonds. The minimum atomic E-state index is -4.59. The number of carboxylic acid groups (broad SMARTS) is 1. The fourth-order valence-corrected chi connectivity index (χ4v) is 2.97. The topological polar surface area (TPSA) is 105 Å². The average molecular weight is 430 g/mol. The van der Waals surface area contributed by atoms with Crippen LogP contribution in [0.1, 0.15) is 31.4 Å². The van der Waals surface area contributed by atoms with Gasteiger partial charge >= 0.3 is 12.1 Å². The number of carbonyl (C=O) groups excluding carboxylic acids is 2. The van der Waals surface area contributed by atoms with E-state index < -0.39 is 60.1 Å². The second-order valence-electron chi connectivity index (χ2n) is 6.51. The Morgan fingerprint density at radius 1 is 1.20 bits per heavy atom. The monoisotopic (exact) mass is 430 g/mol. The highest BCUT2D eigenvalue weighted by Crippen LogP contribution is 2.30. The third-order valence-electron chi connectivity index (χ3n) is 4.50. The second-order valence-corrected chi connectivity index (χ2v) is 6.51. The van der Waals surface area contributed by atoms with Gasteiger partial charge in [0.05, 0.1) is 12.0 Å². The largest absolute Gasteiger partial charge is 0.481 e. The number of carbonyl (C=O) groups is 3. The van der Waals surface area contributed by atoms with Crippen LogP contribution in [0.15, 0.2) is 35.3 Å². The Kier molecular flexibility index (Phi) is 6.96. The number of amides is 1. The number of benzene rings is 1. The van der Waals surface area contributed by atoms with Crippen molar-refractivity contribution in [1.82, 2.24) is 9.88 Å². The molecule has 0 aliphatic rings. The molecule has 0 spiro atoms. The van der Waals surface area contributed by atoms with Gasteiger partial charge in [0.2, 0.25) is 5.91 Å². The molecule has 1 aromatic carbocycles. The maximum Gasteiger partial charge on any atom is 0.416 e. The molecule has 162 valence electrons. The van der Waals surface area contributed by atoms with Crippen LogP contribution in [0.2, 0.25) is 0 Å². The molecule has 2 atom stereocenters. The first-order valence-corrected chi connectivity index (χ1v) is 8.82. The number of pyridine rings is 1. The summed E-state index contributed by atoms with van der Waals surface area (Å²) in [7, 11) is 0. The quantitative estimate of drug-likeness (QED) is 0.626. The van der Waals surface area contributed by atoms with Gasteiger partial charge in [0, 0.05) is 11.6 Å². The van der Waals surface area contributed by atoms with Gasteiger partial charge in [-0.25, -0.2) is 4.39 Å². The van der Waals surface area contributed by atoms with E-state index in [1.165, 1.54) is 13.0 Å². The molecular weight excluding hydrogens is 412 g/mol. The van der Waals surface area contributed by atoms with E-state index in [1.54, 1.807) is 0 Å². The summed E-state index contributed by atoms with van der Waals surface area (Å²) >= 11 is 0. The van der Waals surface area contributed by atoms with Crippen molar-refractivity contribution in [1.29, 1.82) is 0 Å². The third kappa shape index (κ3) is 5.02. The molecule has 11 heteroatoms. The minimum absolute atomic E-state index is 0.0256. The fourth-order valence-electron chi connectivity index (χ4n) is 2.97.